The highest BCUT2D eigenvalue weighted by atomic mass is 19.1. The predicted octanol–water partition coefficient (Wildman–Crippen LogP) is 1.81. The summed E-state index contributed by atoms with van der Waals surface area (Å²) in [5.41, 5.74) is 7.24. The molecule has 2 aliphatic rings. The molecule has 2 atom stereocenters. The lowest BCUT2D eigenvalue weighted by Crippen LogP contribution is -2.36. The molecule has 0 saturated heterocycles. The van der Waals surface area contributed by atoms with Crippen molar-refractivity contribution in [3.63, 3.8) is 0 Å². The van der Waals surface area contributed by atoms with Gasteiger partial charge < -0.3 is 11.1 Å². The van der Waals surface area contributed by atoms with Gasteiger partial charge in [0.05, 0.1) is 11.3 Å². The van der Waals surface area contributed by atoms with Crippen LogP contribution in [0.5, 0.6) is 0 Å². The second-order valence-corrected chi connectivity index (χ2v) is 4.02. The predicted molar refractivity (Wildman–Crippen MR) is 58.4 cm³/mol. The van der Waals surface area contributed by atoms with Crippen molar-refractivity contribution in [2.75, 3.05) is 0 Å². The molecular weight excluding hydrogens is 193 g/mol. The molecule has 0 bridgehead atoms. The van der Waals surface area contributed by atoms with Gasteiger partial charge in [-0.05, 0) is 12.0 Å². The molecule has 0 fully saturated rings. The summed E-state index contributed by atoms with van der Waals surface area (Å²) in [5, 5.41) is 2.74. The zero-order valence-electron chi connectivity index (χ0n) is 8.84. The van der Waals surface area contributed by atoms with Gasteiger partial charge in [-0.25, -0.2) is 9.38 Å². The largest absolute Gasteiger partial charge is 0.369 e. The number of allylic oxidation sites excluding steroid dienone is 3. The van der Waals surface area contributed by atoms with Crippen molar-refractivity contribution in [3.8, 4) is 0 Å². The summed E-state index contributed by atoms with van der Waals surface area (Å²) in [6.45, 7) is 7.72. The molecule has 0 saturated carbocycles. The van der Waals surface area contributed by atoms with Gasteiger partial charge in [0.25, 0.3) is 0 Å². The van der Waals surface area contributed by atoms with Crippen molar-refractivity contribution in [3.05, 3.63) is 35.4 Å². The smallest absolute Gasteiger partial charge is 0.198 e. The number of rotatable bonds is 0. The summed E-state index contributed by atoms with van der Waals surface area (Å²) in [6.07, 6.45) is 1.60. The van der Waals surface area contributed by atoms with E-state index in [0.717, 1.165) is 0 Å². The Morgan fingerprint density at radius 2 is 2.20 bits per heavy atom. The highest BCUT2D eigenvalue weighted by molar-refractivity contribution is 5.84. The first-order valence-corrected chi connectivity index (χ1v) is 4.93. The van der Waals surface area contributed by atoms with Gasteiger partial charge in [-0.15, -0.1) is 0 Å². The molecule has 1 aliphatic heterocycles. The van der Waals surface area contributed by atoms with E-state index >= 15 is 0 Å². The zero-order valence-corrected chi connectivity index (χ0v) is 8.84. The summed E-state index contributed by atoms with van der Waals surface area (Å²) in [5.74, 6) is 0.319. The Morgan fingerprint density at radius 1 is 1.53 bits per heavy atom. The third-order valence-electron chi connectivity index (χ3n) is 2.95. The van der Waals surface area contributed by atoms with Crippen LogP contribution in [-0.2, 0) is 0 Å². The third kappa shape index (κ3) is 1.46. The van der Waals surface area contributed by atoms with Crippen LogP contribution in [0.15, 0.2) is 40.4 Å². The average Bonchev–Trinajstić information content (AvgIpc) is 2.12. The SMILES string of the molecule is C=C1NC(N)=NC2=C1C(F)=CC(C)C2C. The zero-order chi connectivity index (χ0) is 11.2. The second-order valence-electron chi connectivity index (χ2n) is 4.02. The van der Waals surface area contributed by atoms with Crippen molar-refractivity contribution < 1.29 is 4.39 Å². The molecule has 0 aromatic carbocycles. The molecule has 0 spiro atoms. The van der Waals surface area contributed by atoms with Gasteiger partial charge in [0, 0.05) is 11.6 Å². The molecule has 3 nitrogen and oxygen atoms in total. The van der Waals surface area contributed by atoms with Crippen molar-refractivity contribution in [2.45, 2.75) is 13.8 Å². The van der Waals surface area contributed by atoms with Crippen LogP contribution in [0.4, 0.5) is 4.39 Å². The maximum atomic E-state index is 13.7. The molecule has 0 aromatic heterocycles. The van der Waals surface area contributed by atoms with Crippen LogP contribution < -0.4 is 11.1 Å². The summed E-state index contributed by atoms with van der Waals surface area (Å²) < 4.78 is 13.7. The molecule has 2 rings (SSSR count). The molecule has 80 valence electrons. The first kappa shape index (κ1) is 9.96. The van der Waals surface area contributed by atoms with Gasteiger partial charge >= 0.3 is 0 Å². The number of nitrogens with one attached hydrogen (secondary N) is 1. The van der Waals surface area contributed by atoms with E-state index in [9.17, 15) is 4.39 Å². The molecule has 4 heteroatoms. The molecule has 0 radical (unpaired) electrons. The Bertz CT molecular complexity index is 418. The average molecular weight is 207 g/mol. The first-order valence-electron chi connectivity index (χ1n) is 4.93. The van der Waals surface area contributed by atoms with Crippen LogP contribution in [0, 0.1) is 11.8 Å². The third-order valence-corrected chi connectivity index (χ3v) is 2.95. The normalized spacial score (nSPS) is 30.5. The number of halogens is 1. The quantitative estimate of drug-likeness (QED) is 0.636. The number of aliphatic imine (C=N–C) groups is 1. The first-order chi connectivity index (χ1) is 7.00. The molecule has 2 unspecified atom stereocenters. The molecule has 1 aliphatic carbocycles. The fourth-order valence-electron chi connectivity index (χ4n) is 1.89. The fourth-order valence-corrected chi connectivity index (χ4v) is 1.89. The minimum Gasteiger partial charge on any atom is -0.369 e. The monoisotopic (exact) mass is 207 g/mol. The van der Waals surface area contributed by atoms with E-state index < -0.39 is 0 Å². The second kappa shape index (κ2) is 3.22. The van der Waals surface area contributed by atoms with Crippen LogP contribution in [0.1, 0.15) is 13.8 Å². The van der Waals surface area contributed by atoms with Crippen LogP contribution in [-0.4, -0.2) is 5.96 Å². The van der Waals surface area contributed by atoms with Gasteiger partial charge in [-0.3, -0.25) is 0 Å². The Hall–Kier alpha value is -1.58. The maximum Gasteiger partial charge on any atom is 0.198 e. The minimum atomic E-state index is -0.260. The summed E-state index contributed by atoms with van der Waals surface area (Å²) >= 11 is 0. The molecule has 0 aromatic rings. The number of hydrogen-bond acceptors (Lipinski definition) is 3. The number of nitrogens with two attached hydrogens (primary N) is 1. The van der Waals surface area contributed by atoms with E-state index in [1.165, 1.54) is 0 Å². The van der Waals surface area contributed by atoms with E-state index in [0.29, 0.717) is 17.0 Å². The van der Waals surface area contributed by atoms with Crippen molar-refractivity contribution in [2.24, 2.45) is 22.6 Å². The van der Waals surface area contributed by atoms with E-state index in [4.69, 9.17) is 5.73 Å². The fraction of sp³-hybridized carbons (Fsp3) is 0.364. The molecule has 15 heavy (non-hydrogen) atoms. The Kier molecular flexibility index (Phi) is 2.14. The van der Waals surface area contributed by atoms with Crippen LogP contribution in [0.2, 0.25) is 0 Å². The topological polar surface area (TPSA) is 50.4 Å². The highest BCUT2D eigenvalue weighted by Crippen LogP contribution is 2.38. The molecule has 0 amide bonds. The number of nitrogens with zero attached hydrogens (tertiary/aromatic N) is 1. The Morgan fingerprint density at radius 3 is 2.87 bits per heavy atom. The van der Waals surface area contributed by atoms with Crippen LogP contribution in [0.25, 0.3) is 0 Å². The Balaban J connectivity index is 2.56. The van der Waals surface area contributed by atoms with Gasteiger partial charge in [0.1, 0.15) is 5.83 Å². The minimum absolute atomic E-state index is 0.131. The van der Waals surface area contributed by atoms with Crippen LogP contribution >= 0.6 is 0 Å². The Labute approximate surface area is 88.3 Å². The summed E-state index contributed by atoms with van der Waals surface area (Å²) in [6, 6.07) is 0. The number of hydrogen-bond donors (Lipinski definition) is 2. The number of guanidine groups is 1. The van der Waals surface area contributed by atoms with Gasteiger partial charge in [-0.2, -0.15) is 0 Å². The molecular formula is C11H14FN3. The maximum absolute atomic E-state index is 13.7. The lowest BCUT2D eigenvalue weighted by molar-refractivity contribution is 0.479. The van der Waals surface area contributed by atoms with E-state index in [-0.39, 0.29) is 23.6 Å². The van der Waals surface area contributed by atoms with Gasteiger partial charge in [0.15, 0.2) is 5.96 Å². The van der Waals surface area contributed by atoms with Gasteiger partial charge in [-0.1, -0.05) is 20.4 Å². The standard InChI is InChI=1S/C11H14FN3/c1-5-4-8(12)9-7(3)14-11(13)15-10(9)6(5)2/h4-6H,3H2,1-2H3,(H3,13,14,15). The summed E-state index contributed by atoms with van der Waals surface area (Å²) in [4.78, 5) is 4.16. The van der Waals surface area contributed by atoms with Crippen molar-refractivity contribution in [1.82, 2.24) is 5.32 Å². The van der Waals surface area contributed by atoms with Crippen molar-refractivity contribution in [1.29, 1.82) is 0 Å². The lowest BCUT2D eigenvalue weighted by atomic mass is 9.83. The highest BCUT2D eigenvalue weighted by Gasteiger charge is 2.30. The van der Waals surface area contributed by atoms with Crippen LogP contribution in [0.3, 0.4) is 0 Å². The molecule has 3 N–H and O–H groups in total. The van der Waals surface area contributed by atoms with E-state index in [1.54, 1.807) is 6.08 Å². The lowest BCUT2D eigenvalue weighted by Gasteiger charge is -2.29. The van der Waals surface area contributed by atoms with E-state index in [2.05, 4.69) is 16.9 Å². The van der Waals surface area contributed by atoms with Crippen molar-refractivity contribution >= 4 is 5.96 Å². The van der Waals surface area contributed by atoms with Gasteiger partial charge in [0.2, 0.25) is 0 Å². The molecule has 1 heterocycles. The summed E-state index contributed by atoms with van der Waals surface area (Å²) in [7, 11) is 0. The van der Waals surface area contributed by atoms with E-state index in [1.807, 2.05) is 13.8 Å².